The third-order valence-corrected chi connectivity index (χ3v) is 8.20. The van der Waals surface area contributed by atoms with E-state index in [1.807, 2.05) is 4.90 Å². The van der Waals surface area contributed by atoms with E-state index in [0.717, 1.165) is 39.1 Å². The average Bonchev–Trinajstić information content (AvgIpc) is 3.07. The van der Waals surface area contributed by atoms with Crippen molar-refractivity contribution in [1.82, 2.24) is 15.1 Å². The Morgan fingerprint density at radius 3 is 2.57 bits per heavy atom. The molecule has 158 valence electrons. The maximum absolute atomic E-state index is 12.7. The maximum Gasteiger partial charge on any atom is 0.234 e. The first-order chi connectivity index (χ1) is 13.4. The van der Waals surface area contributed by atoms with Gasteiger partial charge in [-0.25, -0.2) is 8.42 Å². The second-order valence-corrected chi connectivity index (χ2v) is 10.6. The summed E-state index contributed by atoms with van der Waals surface area (Å²) < 4.78 is 29.1. The fourth-order valence-corrected chi connectivity index (χ4v) is 6.61. The van der Waals surface area contributed by atoms with Crippen molar-refractivity contribution >= 4 is 15.7 Å². The Hall–Kier alpha value is -1.14. The fraction of sp³-hybridized carbons (Fsp3) is 0.850. The summed E-state index contributed by atoms with van der Waals surface area (Å²) in [5.41, 5.74) is 0.0192. The molecule has 3 fully saturated rings. The highest BCUT2D eigenvalue weighted by Crippen LogP contribution is 2.33. The largest absolute Gasteiger partial charge is 0.379 e. The number of sulfone groups is 1. The van der Waals surface area contributed by atoms with E-state index in [0.29, 0.717) is 19.5 Å². The number of rotatable bonds is 7. The van der Waals surface area contributed by atoms with Gasteiger partial charge in [0.05, 0.1) is 37.8 Å². The highest BCUT2D eigenvalue weighted by atomic mass is 32.2. The monoisotopic (exact) mass is 411 g/mol. The Morgan fingerprint density at radius 1 is 1.25 bits per heavy atom. The van der Waals surface area contributed by atoms with E-state index in [4.69, 9.17) is 11.2 Å². The molecule has 2 heterocycles. The smallest absolute Gasteiger partial charge is 0.234 e. The molecular formula is C20H33N3O4S. The summed E-state index contributed by atoms with van der Waals surface area (Å²) >= 11 is 0. The van der Waals surface area contributed by atoms with Gasteiger partial charge >= 0.3 is 0 Å². The molecule has 0 aromatic carbocycles. The molecule has 7 nitrogen and oxygen atoms in total. The van der Waals surface area contributed by atoms with Crippen molar-refractivity contribution in [2.45, 2.75) is 50.1 Å². The summed E-state index contributed by atoms with van der Waals surface area (Å²) in [6.07, 6.45) is 11.8. The number of hydrogen-bond donors (Lipinski definition) is 1. The molecule has 2 aliphatic heterocycles. The predicted octanol–water partition coefficient (Wildman–Crippen LogP) is 0.260. The van der Waals surface area contributed by atoms with Gasteiger partial charge in [-0.2, -0.15) is 0 Å². The average molecular weight is 412 g/mol. The Labute approximate surface area is 169 Å². The van der Waals surface area contributed by atoms with E-state index in [1.165, 1.54) is 19.3 Å². The van der Waals surface area contributed by atoms with Crippen LogP contribution < -0.4 is 5.32 Å². The molecule has 1 atom stereocenters. The van der Waals surface area contributed by atoms with Gasteiger partial charge in [-0.15, -0.1) is 6.42 Å². The van der Waals surface area contributed by atoms with Crippen molar-refractivity contribution in [3.63, 3.8) is 0 Å². The van der Waals surface area contributed by atoms with Crippen LogP contribution in [-0.4, -0.2) is 93.1 Å². The van der Waals surface area contributed by atoms with E-state index < -0.39 is 9.84 Å². The quantitative estimate of drug-likeness (QED) is 0.606. The molecule has 3 rings (SSSR count). The normalized spacial score (nSPS) is 27.4. The van der Waals surface area contributed by atoms with Gasteiger partial charge in [0.1, 0.15) is 0 Å². The van der Waals surface area contributed by atoms with E-state index in [2.05, 4.69) is 16.1 Å². The zero-order valence-corrected chi connectivity index (χ0v) is 17.5. The molecule has 3 aliphatic rings. The number of hydrogen-bond acceptors (Lipinski definition) is 6. The van der Waals surface area contributed by atoms with Crippen molar-refractivity contribution in [1.29, 1.82) is 0 Å². The molecule has 0 aromatic rings. The van der Waals surface area contributed by atoms with Crippen molar-refractivity contribution in [2.24, 2.45) is 0 Å². The van der Waals surface area contributed by atoms with Crippen LogP contribution in [0.1, 0.15) is 38.5 Å². The zero-order valence-electron chi connectivity index (χ0n) is 16.7. The summed E-state index contributed by atoms with van der Waals surface area (Å²) in [6.45, 7) is 4.42. The number of nitrogens with zero attached hydrogens (tertiary/aromatic N) is 2. The lowest BCUT2D eigenvalue weighted by Crippen LogP contribution is -2.60. The number of carbonyl (C=O) groups is 1. The molecule has 0 radical (unpaired) electrons. The molecule has 0 aromatic heterocycles. The third-order valence-electron chi connectivity index (χ3n) is 6.45. The van der Waals surface area contributed by atoms with E-state index in [9.17, 15) is 13.2 Å². The van der Waals surface area contributed by atoms with Gasteiger partial charge in [-0.3, -0.25) is 14.6 Å². The predicted molar refractivity (Wildman–Crippen MR) is 109 cm³/mol. The van der Waals surface area contributed by atoms with Crippen molar-refractivity contribution in [3.05, 3.63) is 0 Å². The van der Waals surface area contributed by atoms with E-state index in [-0.39, 0.29) is 35.5 Å². The van der Waals surface area contributed by atoms with Crippen LogP contribution in [0.4, 0.5) is 0 Å². The summed E-state index contributed by atoms with van der Waals surface area (Å²) in [5.74, 6) is 2.78. The lowest BCUT2D eigenvalue weighted by Gasteiger charge is -2.48. The first-order valence-electron chi connectivity index (χ1n) is 10.4. The molecule has 8 heteroatoms. The van der Waals surface area contributed by atoms with Crippen LogP contribution in [0.2, 0.25) is 0 Å². The van der Waals surface area contributed by atoms with Crippen LogP contribution in [0.15, 0.2) is 0 Å². The van der Waals surface area contributed by atoms with Gasteiger partial charge in [0.2, 0.25) is 5.91 Å². The van der Waals surface area contributed by atoms with Crippen LogP contribution in [0.3, 0.4) is 0 Å². The molecule has 0 spiro atoms. The fourth-order valence-electron chi connectivity index (χ4n) is 4.85. The van der Waals surface area contributed by atoms with Crippen LogP contribution >= 0.6 is 0 Å². The number of nitrogens with one attached hydrogen (secondary N) is 1. The molecule has 28 heavy (non-hydrogen) atoms. The van der Waals surface area contributed by atoms with Gasteiger partial charge in [0.15, 0.2) is 9.84 Å². The zero-order chi connectivity index (χ0) is 20.0. The number of morpholine rings is 1. The Bertz CT molecular complexity index is 676. The highest BCUT2D eigenvalue weighted by molar-refractivity contribution is 7.91. The Kier molecular flexibility index (Phi) is 7.37. The minimum Gasteiger partial charge on any atom is -0.379 e. The topological polar surface area (TPSA) is 79.0 Å². The number of amides is 1. The SMILES string of the molecule is C#CCN(CC(=O)NCC1(N2CCOCC2)CCCCC1)C1CCS(=O)(=O)C1. The highest BCUT2D eigenvalue weighted by Gasteiger charge is 2.39. The van der Waals surface area contributed by atoms with E-state index >= 15 is 0 Å². The first kappa shape index (κ1) is 21.6. The van der Waals surface area contributed by atoms with Crippen LogP contribution in [0, 0.1) is 12.3 Å². The molecule has 1 unspecified atom stereocenters. The standard InChI is InChI=1S/C20H33N3O4S/c1-2-9-22(18-6-14-28(25,26)16-18)15-19(24)21-17-20(7-4-3-5-8-20)23-10-12-27-13-11-23/h1,18H,3-17H2,(H,21,24). The van der Waals surface area contributed by atoms with Crippen LogP contribution in [-0.2, 0) is 19.4 Å². The van der Waals surface area contributed by atoms with Gasteiger partial charge < -0.3 is 10.1 Å². The summed E-state index contributed by atoms with van der Waals surface area (Å²) in [7, 11) is -3.01. The van der Waals surface area contributed by atoms with Gasteiger partial charge in [-0.05, 0) is 19.3 Å². The Morgan fingerprint density at radius 2 is 1.96 bits per heavy atom. The maximum atomic E-state index is 12.7. The molecule has 1 aliphatic carbocycles. The number of carbonyl (C=O) groups excluding carboxylic acids is 1. The van der Waals surface area contributed by atoms with Crippen LogP contribution in [0.25, 0.3) is 0 Å². The molecule has 0 bridgehead atoms. The molecule has 2 saturated heterocycles. The number of ether oxygens (including phenoxy) is 1. The van der Waals surface area contributed by atoms with Crippen molar-refractivity contribution in [3.8, 4) is 12.3 Å². The molecular weight excluding hydrogens is 378 g/mol. The second kappa shape index (κ2) is 9.57. The van der Waals surface area contributed by atoms with Crippen molar-refractivity contribution in [2.75, 3.05) is 57.4 Å². The summed E-state index contributed by atoms with van der Waals surface area (Å²) in [5, 5.41) is 3.14. The molecule has 1 amide bonds. The lowest BCUT2D eigenvalue weighted by atomic mass is 9.79. The van der Waals surface area contributed by atoms with Crippen LogP contribution in [0.5, 0.6) is 0 Å². The summed E-state index contributed by atoms with van der Waals surface area (Å²) in [6, 6.07) is -0.158. The lowest BCUT2D eigenvalue weighted by molar-refractivity contribution is -0.123. The second-order valence-electron chi connectivity index (χ2n) is 8.33. The van der Waals surface area contributed by atoms with Gasteiger partial charge in [0.25, 0.3) is 0 Å². The molecule has 1 saturated carbocycles. The minimum absolute atomic E-state index is 0.0192. The molecule has 1 N–H and O–H groups in total. The number of terminal acetylenes is 1. The van der Waals surface area contributed by atoms with Crippen molar-refractivity contribution < 1.29 is 17.9 Å². The minimum atomic E-state index is -3.01. The third kappa shape index (κ3) is 5.47. The van der Waals surface area contributed by atoms with Gasteiger partial charge in [-0.1, -0.05) is 25.2 Å². The summed E-state index contributed by atoms with van der Waals surface area (Å²) in [4.78, 5) is 17.0. The Balaban J connectivity index is 1.58. The first-order valence-corrected chi connectivity index (χ1v) is 12.2. The van der Waals surface area contributed by atoms with E-state index in [1.54, 1.807) is 0 Å². The van der Waals surface area contributed by atoms with Gasteiger partial charge in [0, 0.05) is 31.2 Å².